The van der Waals surface area contributed by atoms with E-state index in [0.717, 1.165) is 28.1 Å². The Morgan fingerprint density at radius 1 is 0.909 bits per heavy atom. The van der Waals surface area contributed by atoms with Crippen molar-refractivity contribution in [2.24, 2.45) is 4.99 Å². The lowest BCUT2D eigenvalue weighted by molar-refractivity contribution is -0.385. The second kappa shape index (κ2) is 9.49. The van der Waals surface area contributed by atoms with Crippen molar-refractivity contribution in [1.29, 1.82) is 0 Å². The maximum atomic E-state index is 11.0. The van der Waals surface area contributed by atoms with Crippen LogP contribution in [0.4, 0.5) is 16.5 Å². The van der Waals surface area contributed by atoms with Gasteiger partial charge in [0.15, 0.2) is 0 Å². The molecule has 164 valence electrons. The standard InChI is InChI=1S/C24H18N4O4S/c1-2-16-6-8-18(9-7-16)22-23(19-10-12-20(13-11-19)27(29)30)33-24(26-22)25-15-17-4-3-5-21(14-17)28(31)32/h3-15H,2H2,1H3. The molecule has 0 aliphatic carbocycles. The summed E-state index contributed by atoms with van der Waals surface area (Å²) in [7, 11) is 0. The first-order valence-corrected chi connectivity index (χ1v) is 10.9. The average Bonchev–Trinajstić information content (AvgIpc) is 3.27. The van der Waals surface area contributed by atoms with Crippen LogP contribution in [0.3, 0.4) is 0 Å². The van der Waals surface area contributed by atoms with Gasteiger partial charge in [-0.25, -0.2) is 9.98 Å². The molecule has 0 aliphatic heterocycles. The minimum atomic E-state index is -0.453. The molecular weight excluding hydrogens is 440 g/mol. The first kappa shape index (κ1) is 22.0. The number of nitrogens with zero attached hydrogens (tertiary/aromatic N) is 4. The van der Waals surface area contributed by atoms with Crippen LogP contribution in [0.5, 0.6) is 0 Å². The number of aromatic nitrogens is 1. The number of non-ortho nitro benzene ring substituents is 2. The van der Waals surface area contributed by atoms with Gasteiger partial charge in [-0.15, -0.1) is 0 Å². The second-order valence-electron chi connectivity index (χ2n) is 7.14. The molecule has 0 N–H and O–H groups in total. The molecular formula is C24H18N4O4S. The summed E-state index contributed by atoms with van der Waals surface area (Å²) in [6.07, 6.45) is 2.46. The summed E-state index contributed by atoms with van der Waals surface area (Å²) in [6, 6.07) is 20.6. The zero-order valence-electron chi connectivity index (χ0n) is 17.5. The number of aliphatic imine (C=N–C) groups is 1. The molecule has 1 heterocycles. The molecule has 0 saturated carbocycles. The van der Waals surface area contributed by atoms with Crippen molar-refractivity contribution in [3.63, 3.8) is 0 Å². The van der Waals surface area contributed by atoms with Gasteiger partial charge in [-0.1, -0.05) is 54.7 Å². The summed E-state index contributed by atoms with van der Waals surface area (Å²) in [5.41, 5.74) is 4.23. The van der Waals surface area contributed by atoms with Crippen LogP contribution in [0.2, 0.25) is 0 Å². The Morgan fingerprint density at radius 2 is 1.58 bits per heavy atom. The maximum absolute atomic E-state index is 11.0. The number of hydrogen-bond acceptors (Lipinski definition) is 7. The van der Waals surface area contributed by atoms with E-state index in [4.69, 9.17) is 4.98 Å². The van der Waals surface area contributed by atoms with Crippen LogP contribution in [-0.4, -0.2) is 21.0 Å². The van der Waals surface area contributed by atoms with Crippen LogP contribution in [0.15, 0.2) is 77.8 Å². The van der Waals surface area contributed by atoms with Crippen molar-refractivity contribution < 1.29 is 9.85 Å². The monoisotopic (exact) mass is 458 g/mol. The van der Waals surface area contributed by atoms with Gasteiger partial charge in [-0.2, -0.15) is 0 Å². The predicted molar refractivity (Wildman–Crippen MR) is 129 cm³/mol. The van der Waals surface area contributed by atoms with Gasteiger partial charge in [0.25, 0.3) is 11.4 Å². The largest absolute Gasteiger partial charge is 0.270 e. The average molecular weight is 458 g/mol. The number of aryl methyl sites for hydroxylation is 1. The third-order valence-electron chi connectivity index (χ3n) is 5.00. The van der Waals surface area contributed by atoms with Crippen molar-refractivity contribution in [2.75, 3.05) is 0 Å². The van der Waals surface area contributed by atoms with Crippen molar-refractivity contribution in [3.05, 3.63) is 104 Å². The highest BCUT2D eigenvalue weighted by Gasteiger charge is 2.16. The summed E-state index contributed by atoms with van der Waals surface area (Å²) < 4.78 is 0. The van der Waals surface area contributed by atoms with Gasteiger partial charge in [-0.3, -0.25) is 20.2 Å². The Hall–Kier alpha value is -4.24. The van der Waals surface area contributed by atoms with E-state index in [0.29, 0.717) is 10.7 Å². The van der Waals surface area contributed by atoms with Gasteiger partial charge >= 0.3 is 0 Å². The highest BCUT2D eigenvalue weighted by atomic mass is 32.1. The molecule has 0 bridgehead atoms. The quantitative estimate of drug-likeness (QED) is 0.176. The van der Waals surface area contributed by atoms with E-state index < -0.39 is 9.85 Å². The topological polar surface area (TPSA) is 112 Å². The van der Waals surface area contributed by atoms with E-state index in [-0.39, 0.29) is 11.4 Å². The fraction of sp³-hybridized carbons (Fsp3) is 0.0833. The van der Waals surface area contributed by atoms with E-state index in [1.807, 2.05) is 24.3 Å². The molecule has 1 aromatic heterocycles. The summed E-state index contributed by atoms with van der Waals surface area (Å²) in [5.74, 6) is 0. The molecule has 8 nitrogen and oxygen atoms in total. The number of benzene rings is 3. The highest BCUT2D eigenvalue weighted by molar-refractivity contribution is 7.19. The predicted octanol–water partition coefficient (Wildman–Crippen LogP) is 6.61. The Kier molecular flexibility index (Phi) is 6.32. The van der Waals surface area contributed by atoms with Crippen LogP contribution >= 0.6 is 11.3 Å². The number of hydrogen-bond donors (Lipinski definition) is 0. The lowest BCUT2D eigenvalue weighted by Crippen LogP contribution is -1.89. The second-order valence-corrected chi connectivity index (χ2v) is 8.12. The third kappa shape index (κ3) is 4.99. The van der Waals surface area contributed by atoms with Crippen LogP contribution in [0.1, 0.15) is 18.1 Å². The minimum Gasteiger partial charge on any atom is -0.258 e. The molecule has 0 unspecified atom stereocenters. The van der Waals surface area contributed by atoms with Crippen molar-refractivity contribution in [3.8, 4) is 21.7 Å². The summed E-state index contributed by atoms with van der Waals surface area (Å²) in [6.45, 7) is 2.08. The van der Waals surface area contributed by atoms with Crippen LogP contribution < -0.4 is 0 Å². The fourth-order valence-corrected chi connectivity index (χ4v) is 4.18. The first-order chi connectivity index (χ1) is 15.9. The molecule has 0 amide bonds. The van der Waals surface area contributed by atoms with E-state index in [2.05, 4.69) is 11.9 Å². The zero-order chi connectivity index (χ0) is 23.4. The van der Waals surface area contributed by atoms with Gasteiger partial charge in [0.1, 0.15) is 0 Å². The SMILES string of the molecule is CCc1ccc(-c2nc(N=Cc3cccc([N+](=O)[O-])c3)sc2-c2ccc([N+](=O)[O-])cc2)cc1. The lowest BCUT2D eigenvalue weighted by atomic mass is 10.0. The van der Waals surface area contributed by atoms with Crippen molar-refractivity contribution in [1.82, 2.24) is 4.98 Å². The van der Waals surface area contributed by atoms with Gasteiger partial charge in [0, 0.05) is 36.0 Å². The van der Waals surface area contributed by atoms with Gasteiger partial charge in [-0.05, 0) is 35.2 Å². The lowest BCUT2D eigenvalue weighted by Gasteiger charge is -2.04. The molecule has 0 spiro atoms. The fourth-order valence-electron chi connectivity index (χ4n) is 3.24. The summed E-state index contributed by atoms with van der Waals surface area (Å²) >= 11 is 1.35. The van der Waals surface area contributed by atoms with Crippen LogP contribution in [-0.2, 0) is 6.42 Å². The molecule has 4 rings (SSSR count). The third-order valence-corrected chi connectivity index (χ3v) is 6.01. The van der Waals surface area contributed by atoms with Crippen LogP contribution in [0, 0.1) is 20.2 Å². The van der Waals surface area contributed by atoms with Crippen molar-refractivity contribution in [2.45, 2.75) is 13.3 Å². The molecule has 0 atom stereocenters. The van der Waals surface area contributed by atoms with Crippen molar-refractivity contribution >= 4 is 34.1 Å². The van der Waals surface area contributed by atoms with E-state index in [1.165, 1.54) is 47.4 Å². The highest BCUT2D eigenvalue weighted by Crippen LogP contribution is 2.40. The molecule has 0 aliphatic rings. The van der Waals surface area contributed by atoms with Crippen LogP contribution in [0.25, 0.3) is 21.7 Å². The molecule has 3 aromatic carbocycles. The van der Waals surface area contributed by atoms with Gasteiger partial charge in [0.05, 0.1) is 20.4 Å². The molecule has 9 heteroatoms. The molecule has 0 saturated heterocycles. The number of rotatable bonds is 7. The smallest absolute Gasteiger partial charge is 0.258 e. The molecule has 0 radical (unpaired) electrons. The van der Waals surface area contributed by atoms with E-state index in [9.17, 15) is 20.2 Å². The maximum Gasteiger partial charge on any atom is 0.270 e. The minimum absolute atomic E-state index is 0.0126. The first-order valence-electron chi connectivity index (χ1n) is 10.1. The molecule has 33 heavy (non-hydrogen) atoms. The zero-order valence-corrected chi connectivity index (χ0v) is 18.4. The number of nitro groups is 2. The van der Waals surface area contributed by atoms with E-state index in [1.54, 1.807) is 24.3 Å². The number of nitro benzene ring substituents is 2. The Bertz CT molecular complexity index is 1350. The normalized spacial score (nSPS) is 11.1. The summed E-state index contributed by atoms with van der Waals surface area (Å²) in [5, 5.41) is 22.5. The van der Waals surface area contributed by atoms with Gasteiger partial charge in [0.2, 0.25) is 5.13 Å². The summed E-state index contributed by atoms with van der Waals surface area (Å²) in [4.78, 5) is 31.1. The van der Waals surface area contributed by atoms with Gasteiger partial charge < -0.3 is 0 Å². The Labute approximate surface area is 193 Å². The number of thiazole rings is 1. The molecule has 4 aromatic rings. The Morgan fingerprint density at radius 3 is 2.21 bits per heavy atom. The Balaban J connectivity index is 1.75. The molecule has 0 fully saturated rings. The van der Waals surface area contributed by atoms with E-state index >= 15 is 0 Å².